The Hall–Kier alpha value is -0.820. The first-order valence-electron chi connectivity index (χ1n) is 6.49. The first-order chi connectivity index (χ1) is 7.69. The van der Waals surface area contributed by atoms with Crippen LogP contribution in [-0.2, 0) is 6.42 Å². The van der Waals surface area contributed by atoms with E-state index in [0.717, 1.165) is 12.8 Å². The van der Waals surface area contributed by atoms with Crippen molar-refractivity contribution in [3.8, 4) is 0 Å². The van der Waals surface area contributed by atoms with E-state index in [1.54, 1.807) is 0 Å². The van der Waals surface area contributed by atoms with Crippen molar-refractivity contribution in [3.63, 3.8) is 0 Å². The summed E-state index contributed by atoms with van der Waals surface area (Å²) < 4.78 is 0. The van der Waals surface area contributed by atoms with Crippen molar-refractivity contribution in [2.24, 2.45) is 11.7 Å². The quantitative estimate of drug-likeness (QED) is 0.776. The molecular weight excluding hydrogens is 194 g/mol. The molecule has 1 nitrogen and oxygen atoms in total. The second-order valence-corrected chi connectivity index (χ2v) is 4.71. The molecule has 1 rings (SSSR count). The molecule has 1 aromatic rings. The van der Waals surface area contributed by atoms with Crippen LogP contribution < -0.4 is 5.73 Å². The second kappa shape index (κ2) is 6.70. The average molecular weight is 219 g/mol. The molecule has 1 unspecified atom stereocenters. The van der Waals surface area contributed by atoms with Gasteiger partial charge >= 0.3 is 0 Å². The molecule has 1 heteroatoms. The van der Waals surface area contributed by atoms with Gasteiger partial charge in [0, 0.05) is 6.04 Å². The van der Waals surface area contributed by atoms with Crippen LogP contribution in [0.1, 0.15) is 44.2 Å². The van der Waals surface area contributed by atoms with Crippen LogP contribution in [-0.4, -0.2) is 6.04 Å². The fourth-order valence-electron chi connectivity index (χ4n) is 2.34. The minimum Gasteiger partial charge on any atom is -0.327 e. The van der Waals surface area contributed by atoms with Crippen molar-refractivity contribution >= 4 is 0 Å². The van der Waals surface area contributed by atoms with Crippen LogP contribution in [0.3, 0.4) is 0 Å². The maximum atomic E-state index is 6.24. The monoisotopic (exact) mass is 219 g/mol. The highest BCUT2D eigenvalue weighted by molar-refractivity contribution is 5.25. The van der Waals surface area contributed by atoms with E-state index in [1.165, 1.54) is 24.0 Å². The van der Waals surface area contributed by atoms with Crippen LogP contribution in [0.15, 0.2) is 24.3 Å². The van der Waals surface area contributed by atoms with Gasteiger partial charge in [-0.1, -0.05) is 51.0 Å². The van der Waals surface area contributed by atoms with Crippen LogP contribution in [0.2, 0.25) is 0 Å². The molecule has 1 aromatic carbocycles. The Morgan fingerprint density at radius 3 is 2.31 bits per heavy atom. The van der Waals surface area contributed by atoms with E-state index in [9.17, 15) is 0 Å². The zero-order chi connectivity index (χ0) is 12.0. The summed E-state index contributed by atoms with van der Waals surface area (Å²) in [4.78, 5) is 0. The number of hydrogen-bond acceptors (Lipinski definition) is 1. The molecule has 16 heavy (non-hydrogen) atoms. The number of nitrogens with two attached hydrogens (primary N) is 1. The Labute approximate surface area is 100 Å². The lowest BCUT2D eigenvalue weighted by Crippen LogP contribution is -2.29. The Balaban J connectivity index is 2.48. The van der Waals surface area contributed by atoms with Crippen LogP contribution in [0, 0.1) is 12.8 Å². The highest BCUT2D eigenvalue weighted by Gasteiger charge is 2.13. The third-order valence-electron chi connectivity index (χ3n) is 3.66. The lowest BCUT2D eigenvalue weighted by Gasteiger charge is -2.21. The van der Waals surface area contributed by atoms with E-state index >= 15 is 0 Å². The van der Waals surface area contributed by atoms with Crippen LogP contribution in [0.4, 0.5) is 0 Å². The highest BCUT2D eigenvalue weighted by atomic mass is 14.6. The van der Waals surface area contributed by atoms with Crippen molar-refractivity contribution < 1.29 is 0 Å². The van der Waals surface area contributed by atoms with E-state index in [0.29, 0.717) is 12.0 Å². The molecule has 0 aliphatic rings. The molecule has 0 heterocycles. The minimum absolute atomic E-state index is 0.356. The molecule has 0 radical (unpaired) electrons. The number of rotatable bonds is 6. The van der Waals surface area contributed by atoms with Crippen molar-refractivity contribution in [1.82, 2.24) is 0 Å². The first kappa shape index (κ1) is 13.2. The van der Waals surface area contributed by atoms with Gasteiger partial charge in [-0.05, 0) is 36.8 Å². The van der Waals surface area contributed by atoms with Crippen LogP contribution >= 0.6 is 0 Å². The molecular formula is C15H25N. The molecule has 0 saturated carbocycles. The summed E-state index contributed by atoms with van der Waals surface area (Å²) in [5, 5.41) is 0. The summed E-state index contributed by atoms with van der Waals surface area (Å²) >= 11 is 0. The summed E-state index contributed by atoms with van der Waals surface area (Å²) in [6.07, 6.45) is 4.62. The predicted molar refractivity (Wildman–Crippen MR) is 71.5 cm³/mol. The third kappa shape index (κ3) is 3.64. The maximum absolute atomic E-state index is 6.24. The van der Waals surface area contributed by atoms with Gasteiger partial charge in [0.25, 0.3) is 0 Å². The lowest BCUT2D eigenvalue weighted by atomic mass is 9.90. The van der Waals surface area contributed by atoms with Crippen molar-refractivity contribution in [1.29, 1.82) is 0 Å². The smallest absolute Gasteiger partial charge is 0.00701 e. The average Bonchev–Trinajstić information content (AvgIpc) is 2.29. The highest BCUT2D eigenvalue weighted by Crippen LogP contribution is 2.17. The van der Waals surface area contributed by atoms with Crippen molar-refractivity contribution in [3.05, 3.63) is 35.4 Å². The molecule has 0 fully saturated rings. The molecule has 0 spiro atoms. The van der Waals surface area contributed by atoms with Gasteiger partial charge < -0.3 is 5.73 Å². The molecule has 0 bridgehead atoms. The number of hydrogen-bond donors (Lipinski definition) is 1. The van der Waals surface area contributed by atoms with Gasteiger partial charge in [-0.3, -0.25) is 0 Å². The Morgan fingerprint density at radius 2 is 1.75 bits per heavy atom. The number of benzene rings is 1. The van der Waals surface area contributed by atoms with Crippen molar-refractivity contribution in [2.45, 2.75) is 52.5 Å². The van der Waals surface area contributed by atoms with E-state index in [2.05, 4.69) is 45.0 Å². The van der Waals surface area contributed by atoms with Gasteiger partial charge in [0.1, 0.15) is 0 Å². The molecule has 0 aromatic heterocycles. The molecule has 90 valence electrons. The zero-order valence-electron chi connectivity index (χ0n) is 10.9. The van der Waals surface area contributed by atoms with E-state index in [1.807, 2.05) is 0 Å². The Bertz CT molecular complexity index is 302. The fraction of sp³-hybridized carbons (Fsp3) is 0.600. The van der Waals surface area contributed by atoms with Gasteiger partial charge in [0.15, 0.2) is 0 Å². The standard InChI is InChI=1S/C15H25N/c1-4-13(5-2)15(16)11-10-14-9-7-6-8-12(14)3/h6-9,13,15H,4-5,10-11,16H2,1-3H3. The van der Waals surface area contributed by atoms with Gasteiger partial charge in [-0.25, -0.2) is 0 Å². The molecule has 0 aliphatic heterocycles. The molecule has 0 amide bonds. The van der Waals surface area contributed by atoms with Crippen molar-refractivity contribution in [2.75, 3.05) is 0 Å². The Morgan fingerprint density at radius 1 is 1.12 bits per heavy atom. The predicted octanol–water partition coefficient (Wildman–Crippen LogP) is 3.69. The van der Waals surface area contributed by atoms with E-state index < -0.39 is 0 Å². The summed E-state index contributed by atoms with van der Waals surface area (Å²) in [6.45, 7) is 6.65. The minimum atomic E-state index is 0.356. The van der Waals surface area contributed by atoms with Gasteiger partial charge in [0.2, 0.25) is 0 Å². The zero-order valence-corrected chi connectivity index (χ0v) is 10.9. The first-order valence-corrected chi connectivity index (χ1v) is 6.49. The van der Waals surface area contributed by atoms with Gasteiger partial charge in [-0.15, -0.1) is 0 Å². The summed E-state index contributed by atoms with van der Waals surface area (Å²) in [5.41, 5.74) is 9.07. The van der Waals surface area contributed by atoms with Gasteiger partial charge in [0.05, 0.1) is 0 Å². The normalized spacial score (nSPS) is 13.1. The lowest BCUT2D eigenvalue weighted by molar-refractivity contribution is 0.378. The third-order valence-corrected chi connectivity index (χ3v) is 3.66. The Kier molecular flexibility index (Phi) is 5.54. The van der Waals surface area contributed by atoms with Gasteiger partial charge in [-0.2, -0.15) is 0 Å². The maximum Gasteiger partial charge on any atom is 0.00701 e. The number of aryl methyl sites for hydroxylation is 2. The van der Waals surface area contributed by atoms with E-state index in [-0.39, 0.29) is 0 Å². The second-order valence-electron chi connectivity index (χ2n) is 4.71. The molecule has 1 atom stereocenters. The molecule has 0 aliphatic carbocycles. The largest absolute Gasteiger partial charge is 0.327 e. The summed E-state index contributed by atoms with van der Waals surface area (Å²) in [6, 6.07) is 8.96. The molecule has 0 saturated heterocycles. The fourth-order valence-corrected chi connectivity index (χ4v) is 2.34. The molecule has 2 N–H and O–H groups in total. The van der Waals surface area contributed by atoms with Crippen LogP contribution in [0.5, 0.6) is 0 Å². The topological polar surface area (TPSA) is 26.0 Å². The summed E-state index contributed by atoms with van der Waals surface area (Å²) in [5.74, 6) is 0.684. The van der Waals surface area contributed by atoms with E-state index in [4.69, 9.17) is 5.73 Å². The summed E-state index contributed by atoms with van der Waals surface area (Å²) in [7, 11) is 0. The SMILES string of the molecule is CCC(CC)C(N)CCc1ccccc1C. The van der Waals surface area contributed by atoms with Crippen LogP contribution in [0.25, 0.3) is 0 Å².